The van der Waals surface area contributed by atoms with Crippen molar-refractivity contribution in [2.75, 3.05) is 0 Å². The Morgan fingerprint density at radius 1 is 1.24 bits per heavy atom. The monoisotopic (exact) mass is 306 g/mol. The van der Waals surface area contributed by atoms with Crippen molar-refractivity contribution < 1.29 is 0 Å². The maximum absolute atomic E-state index is 5.94. The zero-order valence-electron chi connectivity index (χ0n) is 13.1. The summed E-state index contributed by atoms with van der Waals surface area (Å²) in [7, 11) is 0. The van der Waals surface area contributed by atoms with Crippen LogP contribution in [0.5, 0.6) is 0 Å². The highest BCUT2D eigenvalue weighted by atomic mass is 35.5. The lowest BCUT2D eigenvalue weighted by Crippen LogP contribution is -2.22. The molecule has 0 bridgehead atoms. The van der Waals surface area contributed by atoms with Gasteiger partial charge in [0.25, 0.3) is 0 Å². The summed E-state index contributed by atoms with van der Waals surface area (Å²) in [5.74, 6) is 0. The van der Waals surface area contributed by atoms with Crippen molar-refractivity contribution in [3.63, 3.8) is 0 Å². The fourth-order valence-electron chi connectivity index (χ4n) is 2.13. The maximum Gasteiger partial charge on any atom is 0.0965 e. The lowest BCUT2D eigenvalue weighted by molar-refractivity contribution is 0.346. The molecule has 1 aromatic heterocycles. The van der Waals surface area contributed by atoms with Crippen LogP contribution in [0.3, 0.4) is 0 Å². The Balaban J connectivity index is 2.00. The van der Waals surface area contributed by atoms with E-state index in [1.54, 1.807) is 0 Å². The van der Waals surface area contributed by atoms with E-state index in [4.69, 9.17) is 11.6 Å². The minimum Gasteiger partial charge on any atom is -0.304 e. The Hall–Kier alpha value is -1.39. The van der Waals surface area contributed by atoms with Crippen molar-refractivity contribution in [3.8, 4) is 0 Å². The largest absolute Gasteiger partial charge is 0.304 e. The molecule has 1 aromatic carbocycles. The molecule has 0 radical (unpaired) electrons. The summed E-state index contributed by atoms with van der Waals surface area (Å²) >= 11 is 5.94. The average Bonchev–Trinajstić information content (AvgIpc) is 2.90. The second-order valence-corrected chi connectivity index (χ2v) is 6.65. The van der Waals surface area contributed by atoms with Crippen molar-refractivity contribution in [2.45, 2.75) is 52.2 Å². The number of hydrogen-bond acceptors (Lipinski definition) is 3. The minimum atomic E-state index is -0.0361. The van der Waals surface area contributed by atoms with E-state index >= 15 is 0 Å². The van der Waals surface area contributed by atoms with Crippen LogP contribution < -0.4 is 5.32 Å². The molecule has 1 heterocycles. The fourth-order valence-corrected chi connectivity index (χ4v) is 2.25. The SMILES string of the molecule is CCC(NCc1cn(C(C)(C)C)nn1)c1ccc(Cl)cc1. The number of aromatic nitrogens is 3. The van der Waals surface area contributed by atoms with Crippen LogP contribution in [0.15, 0.2) is 30.5 Å². The number of nitrogens with one attached hydrogen (secondary N) is 1. The van der Waals surface area contributed by atoms with Gasteiger partial charge in [0.05, 0.1) is 17.4 Å². The first kappa shape index (κ1) is 16.0. The molecule has 2 rings (SSSR count). The second-order valence-electron chi connectivity index (χ2n) is 6.22. The minimum absolute atomic E-state index is 0.0361. The van der Waals surface area contributed by atoms with Gasteiger partial charge in [0.1, 0.15) is 0 Å². The Labute approximate surface area is 131 Å². The van der Waals surface area contributed by atoms with Crippen molar-refractivity contribution in [2.24, 2.45) is 0 Å². The first-order chi connectivity index (χ1) is 9.90. The Morgan fingerprint density at radius 3 is 2.43 bits per heavy atom. The van der Waals surface area contributed by atoms with Gasteiger partial charge in [-0.05, 0) is 44.9 Å². The standard InChI is InChI=1S/C16H23ClN4/c1-5-15(12-6-8-13(17)9-7-12)18-10-14-11-21(20-19-14)16(2,3)4/h6-9,11,15,18H,5,10H2,1-4H3. The van der Waals surface area contributed by atoms with E-state index in [0.717, 1.165) is 17.1 Å². The number of hydrogen-bond donors (Lipinski definition) is 1. The molecular formula is C16H23ClN4. The van der Waals surface area contributed by atoms with E-state index in [9.17, 15) is 0 Å². The Morgan fingerprint density at radius 2 is 1.90 bits per heavy atom. The molecule has 0 aliphatic carbocycles. The van der Waals surface area contributed by atoms with Crippen LogP contribution in [0.25, 0.3) is 0 Å². The number of rotatable bonds is 5. The van der Waals surface area contributed by atoms with E-state index in [1.165, 1.54) is 5.56 Å². The van der Waals surface area contributed by atoms with Gasteiger partial charge in [0.15, 0.2) is 0 Å². The summed E-state index contributed by atoms with van der Waals surface area (Å²) < 4.78 is 1.90. The Kier molecular flexibility index (Phi) is 5.01. The summed E-state index contributed by atoms with van der Waals surface area (Å²) in [6, 6.07) is 8.28. The third kappa shape index (κ3) is 4.29. The number of halogens is 1. The first-order valence-corrected chi connectivity index (χ1v) is 7.68. The number of benzene rings is 1. The molecule has 114 valence electrons. The molecular weight excluding hydrogens is 284 g/mol. The molecule has 1 unspecified atom stereocenters. The molecule has 1 atom stereocenters. The Bertz CT molecular complexity index is 569. The van der Waals surface area contributed by atoms with Crippen molar-refractivity contribution in [3.05, 3.63) is 46.7 Å². The predicted octanol–water partition coefficient (Wildman–Crippen LogP) is 3.93. The predicted molar refractivity (Wildman–Crippen MR) is 86.3 cm³/mol. The molecule has 1 N–H and O–H groups in total. The van der Waals surface area contributed by atoms with Crippen LogP contribution in [0.4, 0.5) is 0 Å². The molecule has 0 saturated carbocycles. The van der Waals surface area contributed by atoms with Crippen LogP contribution in [0.2, 0.25) is 5.02 Å². The maximum atomic E-state index is 5.94. The molecule has 21 heavy (non-hydrogen) atoms. The van der Waals surface area contributed by atoms with E-state index in [1.807, 2.05) is 23.0 Å². The van der Waals surface area contributed by atoms with Gasteiger partial charge in [0.2, 0.25) is 0 Å². The zero-order chi connectivity index (χ0) is 15.5. The smallest absolute Gasteiger partial charge is 0.0965 e. The fraction of sp³-hybridized carbons (Fsp3) is 0.500. The molecule has 0 spiro atoms. The molecule has 0 fully saturated rings. The third-order valence-corrected chi connectivity index (χ3v) is 3.69. The van der Waals surface area contributed by atoms with Crippen LogP contribution in [-0.4, -0.2) is 15.0 Å². The summed E-state index contributed by atoms with van der Waals surface area (Å²) in [6.07, 6.45) is 3.01. The quantitative estimate of drug-likeness (QED) is 0.910. The summed E-state index contributed by atoms with van der Waals surface area (Å²) in [5.41, 5.74) is 2.16. The molecule has 0 amide bonds. The topological polar surface area (TPSA) is 42.7 Å². The van der Waals surface area contributed by atoms with Crippen molar-refractivity contribution in [1.29, 1.82) is 0 Å². The van der Waals surface area contributed by atoms with Crippen LogP contribution in [-0.2, 0) is 12.1 Å². The van der Waals surface area contributed by atoms with Gasteiger partial charge < -0.3 is 5.32 Å². The van der Waals surface area contributed by atoms with E-state index in [2.05, 4.69) is 55.5 Å². The third-order valence-electron chi connectivity index (χ3n) is 3.44. The van der Waals surface area contributed by atoms with E-state index in [-0.39, 0.29) is 5.54 Å². The van der Waals surface area contributed by atoms with Crippen LogP contribution >= 0.6 is 11.6 Å². The van der Waals surface area contributed by atoms with E-state index < -0.39 is 0 Å². The van der Waals surface area contributed by atoms with Gasteiger partial charge >= 0.3 is 0 Å². The molecule has 5 heteroatoms. The van der Waals surface area contributed by atoms with Crippen LogP contribution in [0.1, 0.15) is 51.4 Å². The second kappa shape index (κ2) is 6.58. The normalized spacial score (nSPS) is 13.4. The van der Waals surface area contributed by atoms with Gasteiger partial charge in [0, 0.05) is 17.6 Å². The molecule has 4 nitrogen and oxygen atoms in total. The van der Waals surface area contributed by atoms with Gasteiger partial charge in [-0.3, -0.25) is 0 Å². The summed E-state index contributed by atoms with van der Waals surface area (Å²) in [6.45, 7) is 9.21. The first-order valence-electron chi connectivity index (χ1n) is 7.30. The van der Waals surface area contributed by atoms with Gasteiger partial charge in [-0.2, -0.15) is 0 Å². The highest BCUT2D eigenvalue weighted by Crippen LogP contribution is 2.19. The van der Waals surface area contributed by atoms with Gasteiger partial charge in [-0.1, -0.05) is 35.9 Å². The van der Waals surface area contributed by atoms with Crippen molar-refractivity contribution >= 4 is 11.6 Å². The highest BCUT2D eigenvalue weighted by molar-refractivity contribution is 6.30. The lowest BCUT2D eigenvalue weighted by atomic mass is 10.0. The molecule has 2 aromatic rings. The number of nitrogens with zero attached hydrogens (tertiary/aromatic N) is 3. The average molecular weight is 307 g/mol. The van der Waals surface area contributed by atoms with Crippen LogP contribution in [0, 0.1) is 0 Å². The van der Waals surface area contributed by atoms with Crippen molar-refractivity contribution in [1.82, 2.24) is 20.3 Å². The zero-order valence-corrected chi connectivity index (χ0v) is 13.9. The highest BCUT2D eigenvalue weighted by Gasteiger charge is 2.15. The van der Waals surface area contributed by atoms with E-state index in [0.29, 0.717) is 12.6 Å². The molecule has 0 aliphatic rings. The summed E-state index contributed by atoms with van der Waals surface area (Å²) in [5, 5.41) is 12.7. The summed E-state index contributed by atoms with van der Waals surface area (Å²) in [4.78, 5) is 0. The van der Waals surface area contributed by atoms with Gasteiger partial charge in [-0.15, -0.1) is 5.10 Å². The molecule has 0 aliphatic heterocycles. The molecule has 0 saturated heterocycles. The lowest BCUT2D eigenvalue weighted by Gasteiger charge is -2.18. The van der Waals surface area contributed by atoms with Gasteiger partial charge in [-0.25, -0.2) is 4.68 Å².